The standard InChI is InChI=1S/C6H11N3/c1-5-4-7-9(3)8-6(5)2/h4,7H,1-3H3. The second kappa shape index (κ2) is 2.09. The number of hydrogen-bond acceptors (Lipinski definition) is 3. The van der Waals surface area contributed by atoms with E-state index in [4.69, 9.17) is 0 Å². The fourth-order valence-electron chi connectivity index (χ4n) is 0.627. The van der Waals surface area contributed by atoms with Gasteiger partial charge in [-0.1, -0.05) is 0 Å². The Hall–Kier alpha value is -0.990. The summed E-state index contributed by atoms with van der Waals surface area (Å²) >= 11 is 0. The molecule has 3 heteroatoms. The highest BCUT2D eigenvalue weighted by Gasteiger charge is 2.01. The van der Waals surface area contributed by atoms with Crippen molar-refractivity contribution in [3.63, 3.8) is 0 Å². The summed E-state index contributed by atoms with van der Waals surface area (Å²) in [4.78, 5) is 0. The molecule has 0 saturated heterocycles. The zero-order chi connectivity index (χ0) is 6.85. The number of allylic oxidation sites excluding steroid dienone is 1. The summed E-state index contributed by atoms with van der Waals surface area (Å²) < 4.78 is 0. The van der Waals surface area contributed by atoms with Crippen molar-refractivity contribution in [3.8, 4) is 0 Å². The lowest BCUT2D eigenvalue weighted by molar-refractivity contribution is 0.286. The topological polar surface area (TPSA) is 27.6 Å². The molecule has 0 radical (unpaired) electrons. The van der Waals surface area contributed by atoms with Gasteiger partial charge in [0.2, 0.25) is 0 Å². The highest BCUT2D eigenvalue weighted by Crippen LogP contribution is 2.00. The Labute approximate surface area is 55.0 Å². The molecule has 50 valence electrons. The number of hydrazone groups is 1. The first-order chi connectivity index (χ1) is 4.20. The van der Waals surface area contributed by atoms with Gasteiger partial charge in [-0.25, -0.2) is 5.12 Å². The molecule has 0 aromatic rings. The predicted molar refractivity (Wildman–Crippen MR) is 37.8 cm³/mol. The van der Waals surface area contributed by atoms with Crippen LogP contribution in [0.5, 0.6) is 0 Å². The first-order valence-electron chi connectivity index (χ1n) is 2.92. The number of hydrogen-bond donors (Lipinski definition) is 1. The lowest BCUT2D eigenvalue weighted by atomic mass is 10.2. The van der Waals surface area contributed by atoms with Gasteiger partial charge >= 0.3 is 0 Å². The molecular formula is C6H11N3. The molecule has 0 unspecified atom stereocenters. The van der Waals surface area contributed by atoms with Crippen molar-refractivity contribution in [2.75, 3.05) is 7.05 Å². The van der Waals surface area contributed by atoms with E-state index >= 15 is 0 Å². The third kappa shape index (κ3) is 1.22. The van der Waals surface area contributed by atoms with Crippen molar-refractivity contribution < 1.29 is 0 Å². The molecule has 0 aromatic heterocycles. The van der Waals surface area contributed by atoms with Crippen molar-refractivity contribution in [2.24, 2.45) is 5.10 Å². The van der Waals surface area contributed by atoms with Gasteiger partial charge in [0.15, 0.2) is 0 Å². The van der Waals surface area contributed by atoms with Gasteiger partial charge in [0.05, 0.1) is 5.71 Å². The van der Waals surface area contributed by atoms with E-state index in [2.05, 4.69) is 10.5 Å². The van der Waals surface area contributed by atoms with Gasteiger partial charge in [0.25, 0.3) is 0 Å². The molecule has 1 aliphatic heterocycles. The van der Waals surface area contributed by atoms with Crippen LogP contribution in [0.25, 0.3) is 0 Å². The summed E-state index contributed by atoms with van der Waals surface area (Å²) in [5, 5.41) is 5.82. The third-order valence-electron chi connectivity index (χ3n) is 1.34. The van der Waals surface area contributed by atoms with Crippen LogP contribution in [0.4, 0.5) is 0 Å². The Kier molecular flexibility index (Phi) is 1.42. The maximum Gasteiger partial charge on any atom is 0.0638 e. The van der Waals surface area contributed by atoms with Gasteiger partial charge in [0.1, 0.15) is 0 Å². The summed E-state index contributed by atoms with van der Waals surface area (Å²) in [6.45, 7) is 4.02. The molecular weight excluding hydrogens is 114 g/mol. The third-order valence-corrected chi connectivity index (χ3v) is 1.34. The van der Waals surface area contributed by atoms with E-state index in [1.807, 2.05) is 27.1 Å². The normalized spacial score (nSPS) is 18.3. The minimum absolute atomic E-state index is 1.07. The van der Waals surface area contributed by atoms with Crippen LogP contribution in [0.15, 0.2) is 16.9 Å². The summed E-state index contributed by atoms with van der Waals surface area (Å²) in [5.41, 5.74) is 5.20. The Morgan fingerprint density at radius 2 is 2.22 bits per heavy atom. The predicted octanol–water partition coefficient (Wildman–Crippen LogP) is 0.716. The van der Waals surface area contributed by atoms with Gasteiger partial charge in [0, 0.05) is 13.2 Å². The monoisotopic (exact) mass is 125 g/mol. The van der Waals surface area contributed by atoms with Crippen LogP contribution < -0.4 is 5.43 Å². The molecule has 0 fully saturated rings. The first kappa shape index (κ1) is 6.13. The van der Waals surface area contributed by atoms with Crippen LogP contribution in [0.2, 0.25) is 0 Å². The van der Waals surface area contributed by atoms with Gasteiger partial charge in [-0.05, 0) is 19.4 Å². The van der Waals surface area contributed by atoms with E-state index in [1.165, 1.54) is 5.57 Å². The fourth-order valence-corrected chi connectivity index (χ4v) is 0.627. The molecule has 1 aliphatic rings. The zero-order valence-corrected chi connectivity index (χ0v) is 5.97. The number of nitrogens with zero attached hydrogens (tertiary/aromatic N) is 2. The first-order valence-corrected chi connectivity index (χ1v) is 2.92. The van der Waals surface area contributed by atoms with E-state index in [0.717, 1.165) is 5.71 Å². The molecule has 0 amide bonds. The van der Waals surface area contributed by atoms with Crippen molar-refractivity contribution in [3.05, 3.63) is 11.8 Å². The molecule has 1 rings (SSSR count). The Bertz CT molecular complexity index is 169. The SMILES string of the molecule is CC1=CNN(C)N=C1C. The van der Waals surface area contributed by atoms with Crippen molar-refractivity contribution in [1.82, 2.24) is 10.5 Å². The molecule has 3 nitrogen and oxygen atoms in total. The van der Waals surface area contributed by atoms with E-state index in [1.54, 1.807) is 5.12 Å². The average molecular weight is 125 g/mol. The van der Waals surface area contributed by atoms with E-state index in [-0.39, 0.29) is 0 Å². The largest absolute Gasteiger partial charge is 0.290 e. The van der Waals surface area contributed by atoms with Crippen LogP contribution in [-0.4, -0.2) is 17.9 Å². The van der Waals surface area contributed by atoms with Crippen LogP contribution >= 0.6 is 0 Å². The summed E-state index contributed by atoms with van der Waals surface area (Å²) in [6, 6.07) is 0. The molecule has 1 N–H and O–H groups in total. The molecule has 0 saturated carbocycles. The molecule has 0 aliphatic carbocycles. The second-order valence-electron chi connectivity index (χ2n) is 2.17. The maximum atomic E-state index is 4.13. The van der Waals surface area contributed by atoms with Gasteiger partial charge < -0.3 is 0 Å². The maximum absolute atomic E-state index is 4.13. The molecule has 0 atom stereocenters. The summed E-state index contributed by atoms with van der Waals surface area (Å²) in [5.74, 6) is 0. The van der Waals surface area contributed by atoms with Gasteiger partial charge in [-0.2, -0.15) is 5.10 Å². The molecule has 0 spiro atoms. The quantitative estimate of drug-likeness (QED) is 0.516. The van der Waals surface area contributed by atoms with Crippen LogP contribution in [-0.2, 0) is 0 Å². The summed E-state index contributed by atoms with van der Waals surface area (Å²) in [7, 11) is 1.87. The number of nitrogens with one attached hydrogen (secondary N) is 1. The van der Waals surface area contributed by atoms with Crippen molar-refractivity contribution >= 4 is 5.71 Å². The van der Waals surface area contributed by atoms with Gasteiger partial charge in [-0.3, -0.25) is 5.43 Å². The number of rotatable bonds is 0. The summed E-state index contributed by atoms with van der Waals surface area (Å²) in [6.07, 6.45) is 1.93. The Balaban J connectivity index is 2.75. The highest BCUT2D eigenvalue weighted by atomic mass is 15.7. The number of hydrazine groups is 1. The van der Waals surface area contributed by atoms with E-state index < -0.39 is 0 Å². The van der Waals surface area contributed by atoms with Crippen molar-refractivity contribution in [1.29, 1.82) is 0 Å². The highest BCUT2D eigenvalue weighted by molar-refractivity contribution is 5.97. The second-order valence-corrected chi connectivity index (χ2v) is 2.17. The lowest BCUT2D eigenvalue weighted by Gasteiger charge is -2.19. The fraction of sp³-hybridized carbons (Fsp3) is 0.500. The lowest BCUT2D eigenvalue weighted by Crippen LogP contribution is -2.29. The molecule has 1 heterocycles. The average Bonchev–Trinajstić information content (AvgIpc) is 1.80. The minimum atomic E-state index is 1.07. The molecule has 0 aromatic carbocycles. The smallest absolute Gasteiger partial charge is 0.0638 e. The molecule has 9 heavy (non-hydrogen) atoms. The van der Waals surface area contributed by atoms with E-state index in [0.29, 0.717) is 0 Å². The zero-order valence-electron chi connectivity index (χ0n) is 5.97. The Morgan fingerprint density at radius 1 is 1.56 bits per heavy atom. The van der Waals surface area contributed by atoms with Crippen LogP contribution in [0.1, 0.15) is 13.8 Å². The van der Waals surface area contributed by atoms with Gasteiger partial charge in [-0.15, -0.1) is 0 Å². The minimum Gasteiger partial charge on any atom is -0.290 e. The van der Waals surface area contributed by atoms with Crippen molar-refractivity contribution in [2.45, 2.75) is 13.8 Å². The van der Waals surface area contributed by atoms with E-state index in [9.17, 15) is 0 Å². The molecule has 0 bridgehead atoms. The Morgan fingerprint density at radius 3 is 2.67 bits per heavy atom. The van der Waals surface area contributed by atoms with Crippen LogP contribution in [0, 0.1) is 0 Å². The van der Waals surface area contributed by atoms with Crippen LogP contribution in [0.3, 0.4) is 0 Å².